The third kappa shape index (κ3) is 6.93. The van der Waals surface area contributed by atoms with Crippen molar-refractivity contribution in [1.29, 1.82) is 0 Å². The highest BCUT2D eigenvalue weighted by molar-refractivity contribution is 6.01. The molecule has 1 aliphatic heterocycles. The lowest BCUT2D eigenvalue weighted by Crippen LogP contribution is -2.39. The number of imide groups is 1. The van der Waals surface area contributed by atoms with Gasteiger partial charge in [0, 0.05) is 30.4 Å². The van der Waals surface area contributed by atoms with Crippen molar-refractivity contribution in [2.24, 2.45) is 0 Å². The third-order valence-corrected chi connectivity index (χ3v) is 5.04. The summed E-state index contributed by atoms with van der Waals surface area (Å²) in [5.41, 5.74) is 3.48. The number of pyridine rings is 1. The van der Waals surface area contributed by atoms with Crippen molar-refractivity contribution >= 4 is 23.6 Å². The van der Waals surface area contributed by atoms with Crippen LogP contribution in [-0.2, 0) is 9.59 Å². The molecule has 174 valence electrons. The minimum Gasteiger partial charge on any atom is -0.406 e. The summed E-state index contributed by atoms with van der Waals surface area (Å²) in [6, 6.07) is 9.27. The van der Waals surface area contributed by atoms with Crippen LogP contribution in [0.25, 0.3) is 6.08 Å². The van der Waals surface area contributed by atoms with Crippen LogP contribution in [0.2, 0.25) is 0 Å². The predicted octanol–water partition coefficient (Wildman–Crippen LogP) is 4.88. The van der Waals surface area contributed by atoms with Gasteiger partial charge < -0.3 is 10.1 Å². The fraction of sp³-hybridized carbons (Fsp3) is 0.292. The first-order valence-corrected chi connectivity index (χ1v) is 10.4. The highest BCUT2D eigenvalue weighted by atomic mass is 19.4. The Balaban J connectivity index is 1.73. The summed E-state index contributed by atoms with van der Waals surface area (Å²) in [7, 11) is 0. The van der Waals surface area contributed by atoms with E-state index in [1.54, 1.807) is 12.1 Å². The van der Waals surface area contributed by atoms with Crippen LogP contribution >= 0.6 is 0 Å². The molecular weight excluding hydrogens is 435 g/mol. The Morgan fingerprint density at radius 2 is 2.06 bits per heavy atom. The number of piperidine rings is 1. The van der Waals surface area contributed by atoms with Crippen LogP contribution in [0.5, 0.6) is 5.75 Å². The van der Waals surface area contributed by atoms with Gasteiger partial charge in [-0.15, -0.1) is 13.2 Å². The van der Waals surface area contributed by atoms with E-state index < -0.39 is 12.3 Å². The molecule has 1 aromatic carbocycles. The van der Waals surface area contributed by atoms with Gasteiger partial charge in [-0.2, -0.15) is 0 Å². The summed E-state index contributed by atoms with van der Waals surface area (Å²) in [5.74, 6) is -1.28. The molecular formula is C24H24F3N3O3. The number of carbonyl (C=O) groups excluding carboxylic acids is 2. The molecule has 1 saturated heterocycles. The molecule has 33 heavy (non-hydrogen) atoms. The summed E-state index contributed by atoms with van der Waals surface area (Å²) < 4.78 is 41.3. The standard InChI is InChI=1S/C24H24F3N3O3/c1-3-5-16(14-28-17-6-4-7-19(13-17)33-24(25,26)27)12-18-8-9-20(15(2)29-18)21-10-11-22(31)30-23(21)32/h3-9,12-13,21,28H,10-11,14H2,1-2H3,(H,30,31,32)/b5-3-,16-12+. The van der Waals surface area contributed by atoms with E-state index in [0.29, 0.717) is 36.5 Å². The van der Waals surface area contributed by atoms with Gasteiger partial charge in [-0.05, 0) is 55.7 Å². The fourth-order valence-electron chi connectivity index (χ4n) is 3.60. The quantitative estimate of drug-likeness (QED) is 0.456. The number of nitrogens with zero attached hydrogens (tertiary/aromatic N) is 1. The van der Waals surface area contributed by atoms with Crippen molar-refractivity contribution in [3.8, 4) is 5.75 Å². The molecule has 1 aliphatic rings. The van der Waals surface area contributed by atoms with Gasteiger partial charge in [-0.25, -0.2) is 0 Å². The van der Waals surface area contributed by atoms with Gasteiger partial charge in [-0.1, -0.05) is 24.3 Å². The summed E-state index contributed by atoms with van der Waals surface area (Å²) in [6.45, 7) is 4.02. The van der Waals surface area contributed by atoms with E-state index in [1.807, 2.05) is 38.1 Å². The molecule has 9 heteroatoms. The second-order valence-corrected chi connectivity index (χ2v) is 7.56. The molecule has 2 amide bonds. The van der Waals surface area contributed by atoms with Crippen molar-refractivity contribution in [2.75, 3.05) is 11.9 Å². The molecule has 1 atom stereocenters. The predicted molar refractivity (Wildman–Crippen MR) is 119 cm³/mol. The average Bonchev–Trinajstić information content (AvgIpc) is 2.72. The Bertz CT molecular complexity index is 1090. The molecule has 0 aliphatic carbocycles. The minimum atomic E-state index is -4.75. The summed E-state index contributed by atoms with van der Waals surface area (Å²) in [5, 5.41) is 5.45. The van der Waals surface area contributed by atoms with Crippen LogP contribution in [-0.4, -0.2) is 29.7 Å². The van der Waals surface area contributed by atoms with Crippen molar-refractivity contribution in [1.82, 2.24) is 10.3 Å². The molecule has 3 rings (SSSR count). The second-order valence-electron chi connectivity index (χ2n) is 7.56. The first-order chi connectivity index (χ1) is 15.6. The number of aromatic nitrogens is 1. The number of aryl methyl sites for hydroxylation is 1. The van der Waals surface area contributed by atoms with E-state index in [9.17, 15) is 22.8 Å². The maximum Gasteiger partial charge on any atom is 0.573 e. The minimum absolute atomic E-state index is 0.264. The Labute approximate surface area is 189 Å². The van der Waals surface area contributed by atoms with Gasteiger partial charge >= 0.3 is 6.36 Å². The first kappa shape index (κ1) is 24.0. The van der Waals surface area contributed by atoms with Crippen molar-refractivity contribution in [3.63, 3.8) is 0 Å². The number of benzene rings is 1. The SMILES string of the molecule is C/C=C\C(=C/c1ccc(C2CCC(=O)NC2=O)c(C)n1)CNc1cccc(OC(F)(F)F)c1. The van der Waals surface area contributed by atoms with Crippen molar-refractivity contribution in [3.05, 3.63) is 71.1 Å². The number of allylic oxidation sites excluding steroid dienone is 1. The van der Waals surface area contributed by atoms with Crippen LogP contribution in [0.3, 0.4) is 0 Å². The Morgan fingerprint density at radius 1 is 1.27 bits per heavy atom. The lowest BCUT2D eigenvalue weighted by Gasteiger charge is -2.22. The third-order valence-electron chi connectivity index (χ3n) is 5.04. The number of nitrogens with one attached hydrogen (secondary N) is 2. The lowest BCUT2D eigenvalue weighted by atomic mass is 9.89. The van der Waals surface area contributed by atoms with E-state index in [-0.39, 0.29) is 17.6 Å². The van der Waals surface area contributed by atoms with Crippen LogP contribution in [0.4, 0.5) is 18.9 Å². The Kier molecular flexibility index (Phi) is 7.52. The molecule has 0 bridgehead atoms. The lowest BCUT2D eigenvalue weighted by molar-refractivity contribution is -0.274. The highest BCUT2D eigenvalue weighted by Gasteiger charge is 2.31. The maximum atomic E-state index is 12.4. The average molecular weight is 459 g/mol. The zero-order valence-corrected chi connectivity index (χ0v) is 18.2. The van der Waals surface area contributed by atoms with Gasteiger partial charge in [0.15, 0.2) is 0 Å². The van der Waals surface area contributed by atoms with Crippen LogP contribution in [0.15, 0.2) is 54.1 Å². The molecule has 1 aromatic heterocycles. The number of rotatable bonds is 7. The number of hydrogen-bond donors (Lipinski definition) is 2. The second kappa shape index (κ2) is 10.3. The smallest absolute Gasteiger partial charge is 0.406 e. The molecule has 6 nitrogen and oxygen atoms in total. The normalized spacial score (nSPS) is 17.2. The van der Waals surface area contributed by atoms with Gasteiger partial charge in [0.25, 0.3) is 0 Å². The Hall–Kier alpha value is -3.62. The molecule has 0 spiro atoms. The Morgan fingerprint density at radius 3 is 2.73 bits per heavy atom. The molecule has 2 N–H and O–H groups in total. The van der Waals surface area contributed by atoms with E-state index in [2.05, 4.69) is 20.4 Å². The van der Waals surface area contributed by atoms with E-state index >= 15 is 0 Å². The number of amides is 2. The monoisotopic (exact) mass is 459 g/mol. The van der Waals surface area contributed by atoms with Gasteiger partial charge in [0.05, 0.1) is 11.6 Å². The van der Waals surface area contributed by atoms with E-state index in [0.717, 1.165) is 11.1 Å². The van der Waals surface area contributed by atoms with E-state index in [4.69, 9.17) is 0 Å². The number of ether oxygens (including phenoxy) is 1. The van der Waals surface area contributed by atoms with E-state index in [1.165, 1.54) is 18.2 Å². The fourth-order valence-corrected chi connectivity index (χ4v) is 3.60. The van der Waals surface area contributed by atoms with Gasteiger partial charge in [-0.3, -0.25) is 19.9 Å². The molecule has 0 saturated carbocycles. The largest absolute Gasteiger partial charge is 0.573 e. The van der Waals surface area contributed by atoms with Crippen molar-refractivity contribution < 1.29 is 27.5 Å². The zero-order chi connectivity index (χ0) is 24.0. The number of halogens is 3. The number of alkyl halides is 3. The summed E-state index contributed by atoms with van der Waals surface area (Å²) >= 11 is 0. The topological polar surface area (TPSA) is 80.3 Å². The maximum absolute atomic E-state index is 12.4. The number of hydrogen-bond acceptors (Lipinski definition) is 5. The molecule has 1 fully saturated rings. The molecule has 2 heterocycles. The molecule has 0 radical (unpaired) electrons. The van der Waals surface area contributed by atoms with Crippen LogP contribution in [0.1, 0.15) is 42.6 Å². The first-order valence-electron chi connectivity index (χ1n) is 10.4. The number of carbonyl (C=O) groups is 2. The van der Waals surface area contributed by atoms with Gasteiger partial charge in [0.1, 0.15) is 5.75 Å². The summed E-state index contributed by atoms with van der Waals surface area (Å²) in [6.07, 6.45) is 1.56. The summed E-state index contributed by atoms with van der Waals surface area (Å²) in [4.78, 5) is 28.1. The van der Waals surface area contributed by atoms with Gasteiger partial charge in [0.2, 0.25) is 11.8 Å². The van der Waals surface area contributed by atoms with Crippen LogP contribution < -0.4 is 15.4 Å². The number of anilines is 1. The molecule has 1 unspecified atom stereocenters. The highest BCUT2D eigenvalue weighted by Crippen LogP contribution is 2.28. The zero-order valence-electron chi connectivity index (χ0n) is 18.2. The molecule has 2 aromatic rings. The van der Waals surface area contributed by atoms with Crippen LogP contribution in [0, 0.1) is 6.92 Å². The van der Waals surface area contributed by atoms with Crippen molar-refractivity contribution in [2.45, 2.75) is 39.0 Å².